The van der Waals surface area contributed by atoms with Crippen LogP contribution in [-0.2, 0) is 25.6 Å². The Kier molecular flexibility index (Phi) is 8.46. The third kappa shape index (κ3) is 6.88. The van der Waals surface area contributed by atoms with Crippen LogP contribution in [0.15, 0.2) is 24.3 Å². The molecule has 1 aromatic heterocycles. The zero-order valence-electron chi connectivity index (χ0n) is 20.4. The first-order valence-electron chi connectivity index (χ1n) is 11.3. The molecule has 2 heterocycles. The lowest BCUT2D eigenvalue weighted by atomic mass is 9.96. The van der Waals surface area contributed by atoms with Crippen molar-refractivity contribution in [2.45, 2.75) is 41.2 Å². The van der Waals surface area contributed by atoms with E-state index in [1.54, 1.807) is 27.7 Å². The molecule has 0 bridgehead atoms. The third-order valence-corrected chi connectivity index (χ3v) is 6.70. The fraction of sp³-hybridized carbons (Fsp3) is 0.480. The molecule has 0 radical (unpaired) electrons. The maximum atomic E-state index is 12.8. The third-order valence-electron chi connectivity index (χ3n) is 5.58. The summed E-state index contributed by atoms with van der Waals surface area (Å²) in [4.78, 5) is 40.7. The van der Waals surface area contributed by atoms with Crippen molar-refractivity contribution in [1.29, 1.82) is 0 Å². The van der Waals surface area contributed by atoms with Crippen LogP contribution in [0.4, 0.5) is 10.7 Å². The number of carbonyl (C=O) groups excluding carboxylic acids is 3. The number of morpholine rings is 1. The molecule has 184 valence electrons. The van der Waals surface area contributed by atoms with E-state index in [-0.39, 0.29) is 5.91 Å². The Balaban J connectivity index is 1.55. The van der Waals surface area contributed by atoms with Crippen LogP contribution in [0.1, 0.15) is 47.1 Å². The average Bonchev–Trinajstić information content (AvgIpc) is 3.06. The van der Waals surface area contributed by atoms with Gasteiger partial charge in [-0.3, -0.25) is 14.5 Å². The zero-order valence-corrected chi connectivity index (χ0v) is 21.3. The Bertz CT molecular complexity index is 1030. The number of benzene rings is 1. The second kappa shape index (κ2) is 11.1. The van der Waals surface area contributed by atoms with Crippen LogP contribution in [0.2, 0.25) is 0 Å². The van der Waals surface area contributed by atoms with Crippen LogP contribution in [0, 0.1) is 19.3 Å². The summed E-state index contributed by atoms with van der Waals surface area (Å²) in [6, 6.07) is 7.61. The quantitative estimate of drug-likeness (QED) is 0.574. The van der Waals surface area contributed by atoms with Gasteiger partial charge in [-0.2, -0.15) is 0 Å². The Morgan fingerprint density at radius 2 is 1.71 bits per heavy atom. The second-order valence-corrected chi connectivity index (χ2v) is 10.6. The topological polar surface area (TPSA) is 97.0 Å². The highest BCUT2D eigenvalue weighted by Gasteiger charge is 2.27. The van der Waals surface area contributed by atoms with Crippen molar-refractivity contribution >= 4 is 39.8 Å². The number of nitrogens with zero attached hydrogens (tertiary/aromatic N) is 1. The molecule has 1 fully saturated rings. The largest absolute Gasteiger partial charge is 0.452 e. The van der Waals surface area contributed by atoms with E-state index in [1.807, 2.05) is 31.2 Å². The van der Waals surface area contributed by atoms with E-state index in [9.17, 15) is 14.4 Å². The minimum absolute atomic E-state index is 0.197. The monoisotopic (exact) mass is 487 g/mol. The normalized spacial score (nSPS) is 14.5. The number of rotatable bonds is 7. The molecule has 1 aliphatic rings. The molecule has 0 unspecified atom stereocenters. The van der Waals surface area contributed by atoms with Gasteiger partial charge in [0.05, 0.1) is 18.8 Å². The number of thiophene rings is 1. The van der Waals surface area contributed by atoms with E-state index < -0.39 is 23.9 Å². The van der Waals surface area contributed by atoms with Crippen molar-refractivity contribution in [3.63, 3.8) is 0 Å². The predicted molar refractivity (Wildman–Crippen MR) is 133 cm³/mol. The lowest BCUT2D eigenvalue weighted by Crippen LogP contribution is -2.35. The summed E-state index contributed by atoms with van der Waals surface area (Å²) < 4.78 is 10.6. The summed E-state index contributed by atoms with van der Waals surface area (Å²) in [6.07, 6.45) is 0. The Labute approximate surface area is 204 Å². The van der Waals surface area contributed by atoms with Gasteiger partial charge in [0.25, 0.3) is 5.91 Å². The zero-order chi connectivity index (χ0) is 24.9. The average molecular weight is 488 g/mol. The first-order chi connectivity index (χ1) is 16.0. The van der Waals surface area contributed by atoms with E-state index in [0.29, 0.717) is 16.3 Å². The van der Waals surface area contributed by atoms with Crippen LogP contribution in [0.3, 0.4) is 0 Å². The molecular weight excluding hydrogens is 454 g/mol. The number of ether oxygens (including phenoxy) is 2. The Morgan fingerprint density at radius 1 is 1.06 bits per heavy atom. The number of nitrogens with one attached hydrogen (secondary N) is 2. The van der Waals surface area contributed by atoms with Crippen molar-refractivity contribution in [2.24, 2.45) is 5.41 Å². The molecule has 0 spiro atoms. The van der Waals surface area contributed by atoms with Crippen molar-refractivity contribution in [3.05, 3.63) is 45.8 Å². The van der Waals surface area contributed by atoms with Gasteiger partial charge < -0.3 is 20.1 Å². The van der Waals surface area contributed by atoms with E-state index in [4.69, 9.17) is 9.47 Å². The first-order valence-corrected chi connectivity index (χ1v) is 12.1. The Morgan fingerprint density at radius 3 is 2.32 bits per heavy atom. The van der Waals surface area contributed by atoms with Crippen LogP contribution >= 0.6 is 11.3 Å². The molecule has 1 aliphatic heterocycles. The molecule has 3 rings (SSSR count). The van der Waals surface area contributed by atoms with E-state index in [2.05, 4.69) is 15.5 Å². The smallest absolute Gasteiger partial charge is 0.341 e. The Hall–Kier alpha value is -2.75. The number of hydrogen-bond acceptors (Lipinski definition) is 7. The molecule has 2 N–H and O–H groups in total. The molecule has 34 heavy (non-hydrogen) atoms. The van der Waals surface area contributed by atoms with Gasteiger partial charge in [0.15, 0.2) is 6.61 Å². The molecular formula is C25H33N3O5S. The number of hydrogen-bond donors (Lipinski definition) is 2. The summed E-state index contributed by atoms with van der Waals surface area (Å²) in [5.74, 6) is -1.26. The van der Waals surface area contributed by atoms with Crippen molar-refractivity contribution in [1.82, 2.24) is 4.90 Å². The van der Waals surface area contributed by atoms with Gasteiger partial charge in [-0.1, -0.05) is 32.9 Å². The standard InChI is InChI=1S/C25H33N3O5S/c1-16-17(2)34-22(27-24(31)25(3,4)5)21(16)23(30)33-15-20(29)26-19-8-6-18(7-9-19)14-28-10-12-32-13-11-28/h6-9H,10-15H2,1-5H3,(H,26,29)(H,27,31). The number of amides is 2. The second-order valence-electron chi connectivity index (χ2n) is 9.40. The molecule has 1 aromatic carbocycles. The van der Waals surface area contributed by atoms with Gasteiger partial charge >= 0.3 is 5.97 Å². The van der Waals surface area contributed by atoms with Gasteiger partial charge in [-0.25, -0.2) is 4.79 Å². The molecule has 0 saturated carbocycles. The van der Waals surface area contributed by atoms with E-state index in [0.717, 1.165) is 48.9 Å². The maximum Gasteiger partial charge on any atom is 0.341 e. The van der Waals surface area contributed by atoms with Gasteiger partial charge in [-0.05, 0) is 37.1 Å². The van der Waals surface area contributed by atoms with Gasteiger partial charge in [0.1, 0.15) is 5.00 Å². The maximum absolute atomic E-state index is 12.8. The molecule has 2 amide bonds. The molecule has 0 atom stereocenters. The van der Waals surface area contributed by atoms with Crippen LogP contribution in [0.25, 0.3) is 0 Å². The summed E-state index contributed by atoms with van der Waals surface area (Å²) in [5.41, 5.74) is 2.20. The van der Waals surface area contributed by atoms with Gasteiger partial charge in [0.2, 0.25) is 5.91 Å². The van der Waals surface area contributed by atoms with Crippen molar-refractivity contribution in [3.8, 4) is 0 Å². The number of carbonyl (C=O) groups is 3. The van der Waals surface area contributed by atoms with E-state index >= 15 is 0 Å². The predicted octanol–water partition coefficient (Wildman–Crippen LogP) is 3.98. The minimum Gasteiger partial charge on any atom is -0.452 e. The fourth-order valence-corrected chi connectivity index (χ4v) is 4.41. The number of aryl methyl sites for hydroxylation is 1. The highest BCUT2D eigenvalue weighted by Crippen LogP contribution is 2.34. The highest BCUT2D eigenvalue weighted by atomic mass is 32.1. The van der Waals surface area contributed by atoms with Crippen LogP contribution in [-0.4, -0.2) is 55.6 Å². The molecule has 2 aromatic rings. The lowest BCUT2D eigenvalue weighted by molar-refractivity contribution is -0.123. The van der Waals surface area contributed by atoms with Gasteiger partial charge in [0, 0.05) is 35.6 Å². The summed E-state index contributed by atoms with van der Waals surface area (Å²) in [5, 5.41) is 6.01. The summed E-state index contributed by atoms with van der Waals surface area (Å²) in [7, 11) is 0. The first kappa shape index (κ1) is 25.9. The SMILES string of the molecule is Cc1sc(NC(=O)C(C)(C)C)c(C(=O)OCC(=O)Nc2ccc(CN3CCOCC3)cc2)c1C. The van der Waals surface area contributed by atoms with Crippen LogP contribution in [0.5, 0.6) is 0 Å². The molecule has 9 heteroatoms. The minimum atomic E-state index is -0.637. The van der Waals surface area contributed by atoms with Gasteiger partial charge in [-0.15, -0.1) is 11.3 Å². The fourth-order valence-electron chi connectivity index (χ4n) is 3.36. The van der Waals surface area contributed by atoms with Crippen molar-refractivity contribution < 1.29 is 23.9 Å². The molecule has 0 aliphatic carbocycles. The number of esters is 1. The van der Waals surface area contributed by atoms with Crippen LogP contribution < -0.4 is 10.6 Å². The highest BCUT2D eigenvalue weighted by molar-refractivity contribution is 7.16. The summed E-state index contributed by atoms with van der Waals surface area (Å²) >= 11 is 1.32. The molecule has 1 saturated heterocycles. The van der Waals surface area contributed by atoms with E-state index in [1.165, 1.54) is 11.3 Å². The van der Waals surface area contributed by atoms with Crippen molar-refractivity contribution in [2.75, 3.05) is 43.5 Å². The summed E-state index contributed by atoms with van der Waals surface area (Å²) in [6.45, 7) is 12.8. The lowest BCUT2D eigenvalue weighted by Gasteiger charge is -2.26. The molecule has 8 nitrogen and oxygen atoms in total. The number of anilines is 2.